The minimum Gasteiger partial charge on any atom is -0.487 e. The second-order valence-electron chi connectivity index (χ2n) is 7.19. The number of hydrogen-bond donors (Lipinski definition) is 2. The fourth-order valence-corrected chi connectivity index (χ4v) is 4.52. The molecule has 0 spiro atoms. The summed E-state index contributed by atoms with van der Waals surface area (Å²) in [5.74, 6) is -1.02. The van der Waals surface area contributed by atoms with E-state index >= 15 is 0 Å². The molecule has 0 aliphatic heterocycles. The van der Waals surface area contributed by atoms with Gasteiger partial charge in [-0.3, -0.25) is 4.79 Å². The van der Waals surface area contributed by atoms with E-state index in [1.54, 1.807) is 42.5 Å². The molecule has 0 aliphatic rings. The molecule has 0 aromatic heterocycles. The summed E-state index contributed by atoms with van der Waals surface area (Å²) in [7, 11) is 0. The van der Waals surface area contributed by atoms with E-state index in [-0.39, 0.29) is 17.7 Å². The Morgan fingerprint density at radius 2 is 1.76 bits per heavy atom. The highest BCUT2D eigenvalue weighted by Crippen LogP contribution is 2.36. The van der Waals surface area contributed by atoms with Crippen LogP contribution >= 0.6 is 43.5 Å². The zero-order valence-corrected chi connectivity index (χ0v) is 21.7. The number of carboxylic acid groups (broad SMARTS) is 1. The number of ether oxygens (including phenoxy) is 1. The van der Waals surface area contributed by atoms with Crippen LogP contribution in [0.15, 0.2) is 69.1 Å². The van der Waals surface area contributed by atoms with Crippen molar-refractivity contribution in [3.8, 4) is 11.8 Å². The highest BCUT2D eigenvalue weighted by molar-refractivity contribution is 9.11. The van der Waals surface area contributed by atoms with Crippen LogP contribution in [0.4, 0.5) is 5.69 Å². The van der Waals surface area contributed by atoms with Gasteiger partial charge in [0.1, 0.15) is 24.0 Å². The summed E-state index contributed by atoms with van der Waals surface area (Å²) in [6, 6.07) is 16.9. The average molecular weight is 605 g/mol. The summed E-state index contributed by atoms with van der Waals surface area (Å²) < 4.78 is 7.09. The van der Waals surface area contributed by atoms with E-state index < -0.39 is 11.9 Å². The maximum absolute atomic E-state index is 12.6. The van der Waals surface area contributed by atoms with Gasteiger partial charge in [0.25, 0.3) is 5.91 Å². The van der Waals surface area contributed by atoms with Crippen molar-refractivity contribution in [3.63, 3.8) is 0 Å². The van der Waals surface area contributed by atoms with Gasteiger partial charge < -0.3 is 15.2 Å². The van der Waals surface area contributed by atoms with Crippen molar-refractivity contribution >= 4 is 67.1 Å². The second-order valence-corrected chi connectivity index (χ2v) is 9.31. The molecule has 0 heterocycles. The first-order chi connectivity index (χ1) is 16.2. The van der Waals surface area contributed by atoms with Gasteiger partial charge in [-0.25, -0.2) is 4.79 Å². The lowest BCUT2D eigenvalue weighted by molar-refractivity contribution is -0.112. The van der Waals surface area contributed by atoms with Gasteiger partial charge in [-0.1, -0.05) is 29.8 Å². The summed E-state index contributed by atoms with van der Waals surface area (Å²) in [6.07, 6.45) is 1.47. The van der Waals surface area contributed by atoms with Crippen molar-refractivity contribution in [1.82, 2.24) is 0 Å². The number of benzene rings is 3. The summed E-state index contributed by atoms with van der Waals surface area (Å²) in [6.45, 7) is 2.07. The third-order valence-corrected chi connectivity index (χ3v) is 6.30. The van der Waals surface area contributed by atoms with Crippen LogP contribution in [0.5, 0.6) is 5.75 Å². The van der Waals surface area contributed by atoms with Crippen molar-refractivity contribution < 1.29 is 19.4 Å². The zero-order valence-electron chi connectivity index (χ0n) is 17.7. The van der Waals surface area contributed by atoms with Gasteiger partial charge in [0.2, 0.25) is 0 Å². The van der Waals surface area contributed by atoms with Crippen LogP contribution in [0.3, 0.4) is 0 Å². The Kier molecular flexibility index (Phi) is 8.51. The zero-order chi connectivity index (χ0) is 24.8. The number of carbonyl (C=O) groups is 2. The molecule has 0 aliphatic carbocycles. The first-order valence-corrected chi connectivity index (χ1v) is 11.8. The third kappa shape index (κ3) is 6.48. The highest BCUT2D eigenvalue weighted by atomic mass is 79.9. The number of aromatic carboxylic acids is 1. The van der Waals surface area contributed by atoms with Gasteiger partial charge >= 0.3 is 5.97 Å². The Hall–Kier alpha value is -3.12. The van der Waals surface area contributed by atoms with E-state index in [1.165, 1.54) is 18.2 Å². The molecule has 0 unspecified atom stereocenters. The van der Waals surface area contributed by atoms with Gasteiger partial charge in [-0.15, -0.1) is 0 Å². The summed E-state index contributed by atoms with van der Waals surface area (Å²) in [5, 5.41) is 21.7. The molecular formula is C25H17Br2ClN2O4. The first-order valence-electron chi connectivity index (χ1n) is 9.81. The lowest BCUT2D eigenvalue weighted by Crippen LogP contribution is -2.13. The molecule has 3 rings (SSSR count). The first kappa shape index (κ1) is 25.5. The van der Waals surface area contributed by atoms with Gasteiger partial charge in [-0.2, -0.15) is 5.26 Å². The Bertz CT molecular complexity index is 1310. The largest absolute Gasteiger partial charge is 0.487 e. The van der Waals surface area contributed by atoms with Crippen LogP contribution in [-0.2, 0) is 11.4 Å². The molecule has 2 N–H and O–H groups in total. The molecule has 1 amide bonds. The number of halogens is 3. The minimum absolute atomic E-state index is 0.0808. The van der Waals surface area contributed by atoms with Crippen LogP contribution in [0.1, 0.15) is 27.0 Å². The van der Waals surface area contributed by atoms with Crippen molar-refractivity contribution in [2.24, 2.45) is 0 Å². The van der Waals surface area contributed by atoms with Crippen molar-refractivity contribution in [3.05, 3.63) is 96.4 Å². The van der Waals surface area contributed by atoms with Gasteiger partial charge in [0.05, 0.1) is 14.5 Å². The van der Waals surface area contributed by atoms with E-state index in [1.807, 2.05) is 13.0 Å². The number of carbonyl (C=O) groups excluding carboxylic acids is 1. The summed E-state index contributed by atoms with van der Waals surface area (Å²) in [4.78, 5) is 23.5. The molecule has 0 fully saturated rings. The Morgan fingerprint density at radius 3 is 2.32 bits per heavy atom. The number of nitriles is 1. The smallest absolute Gasteiger partial charge is 0.335 e. The van der Waals surface area contributed by atoms with Gasteiger partial charge in [-0.05, 0) is 97.9 Å². The van der Waals surface area contributed by atoms with Crippen LogP contribution in [0.2, 0.25) is 5.02 Å². The number of nitrogens with zero attached hydrogens (tertiary/aromatic N) is 1. The molecule has 0 saturated carbocycles. The van der Waals surface area contributed by atoms with Crippen LogP contribution in [0.25, 0.3) is 6.08 Å². The number of aryl methyl sites for hydroxylation is 1. The molecule has 9 heteroatoms. The maximum Gasteiger partial charge on any atom is 0.335 e. The lowest BCUT2D eigenvalue weighted by atomic mass is 10.1. The predicted octanol–water partition coefficient (Wildman–Crippen LogP) is 7.00. The van der Waals surface area contributed by atoms with E-state index in [4.69, 9.17) is 21.4 Å². The topological polar surface area (TPSA) is 99.4 Å². The monoisotopic (exact) mass is 602 g/mol. The number of hydrogen-bond acceptors (Lipinski definition) is 4. The minimum atomic E-state index is -0.991. The Morgan fingerprint density at radius 1 is 1.12 bits per heavy atom. The molecule has 3 aromatic rings. The number of carboxylic acids is 1. The molecule has 34 heavy (non-hydrogen) atoms. The SMILES string of the molecule is Cc1ccc(NC(=O)/C(C#N)=C\c2cc(Br)c(OCc3ccc(C(=O)O)cc3)c(Br)c2)cc1Cl. The number of nitrogens with one attached hydrogen (secondary N) is 1. The van der Waals surface area contributed by atoms with E-state index in [0.29, 0.717) is 31.0 Å². The van der Waals surface area contributed by atoms with Crippen molar-refractivity contribution in [2.45, 2.75) is 13.5 Å². The Balaban J connectivity index is 1.75. The number of amides is 1. The summed E-state index contributed by atoms with van der Waals surface area (Å²) in [5.41, 5.74) is 2.89. The molecule has 0 bridgehead atoms. The molecule has 3 aromatic carbocycles. The van der Waals surface area contributed by atoms with Crippen molar-refractivity contribution in [2.75, 3.05) is 5.32 Å². The van der Waals surface area contributed by atoms with Crippen LogP contribution in [0, 0.1) is 18.3 Å². The van der Waals surface area contributed by atoms with E-state index in [2.05, 4.69) is 37.2 Å². The quantitative estimate of drug-likeness (QED) is 0.224. The fraction of sp³-hybridized carbons (Fsp3) is 0.0800. The van der Waals surface area contributed by atoms with Crippen molar-refractivity contribution in [1.29, 1.82) is 5.26 Å². The predicted molar refractivity (Wildman–Crippen MR) is 138 cm³/mol. The fourth-order valence-electron chi connectivity index (χ4n) is 2.88. The molecule has 172 valence electrons. The van der Waals surface area contributed by atoms with Gasteiger partial charge in [0, 0.05) is 10.7 Å². The van der Waals surface area contributed by atoms with E-state index in [9.17, 15) is 14.9 Å². The lowest BCUT2D eigenvalue weighted by Gasteiger charge is -2.12. The van der Waals surface area contributed by atoms with Crippen LogP contribution < -0.4 is 10.1 Å². The van der Waals surface area contributed by atoms with Gasteiger partial charge in [0.15, 0.2) is 0 Å². The normalized spacial score (nSPS) is 11.0. The molecule has 6 nitrogen and oxygen atoms in total. The van der Waals surface area contributed by atoms with Crippen LogP contribution in [-0.4, -0.2) is 17.0 Å². The Labute approximate surface area is 218 Å². The molecule has 0 atom stereocenters. The number of anilines is 1. The molecule has 0 saturated heterocycles. The summed E-state index contributed by atoms with van der Waals surface area (Å²) >= 11 is 13.0. The average Bonchev–Trinajstić information content (AvgIpc) is 2.79. The highest BCUT2D eigenvalue weighted by Gasteiger charge is 2.13. The molecule has 0 radical (unpaired) electrons. The van der Waals surface area contributed by atoms with E-state index in [0.717, 1.165) is 11.1 Å². The number of rotatable bonds is 7. The molecular weight excluding hydrogens is 588 g/mol. The third-order valence-electron chi connectivity index (χ3n) is 4.71. The standard InChI is InChI=1S/C25H17Br2ClN2O4/c1-14-2-7-19(11-22(14)28)30-24(31)18(12-29)8-16-9-20(26)23(21(27)10-16)34-13-15-3-5-17(6-4-15)25(32)33/h2-11H,13H2,1H3,(H,30,31)(H,32,33)/b18-8-. The second kappa shape index (κ2) is 11.3. The maximum atomic E-state index is 12.6.